The highest BCUT2D eigenvalue weighted by Crippen LogP contribution is 2.08. The molecule has 0 fully saturated rings. The Kier molecular flexibility index (Phi) is 4.43. The van der Waals surface area contributed by atoms with Crippen LogP contribution >= 0.6 is 0 Å². The van der Waals surface area contributed by atoms with Gasteiger partial charge in [0.1, 0.15) is 0 Å². The summed E-state index contributed by atoms with van der Waals surface area (Å²) in [5.74, 6) is -0.0496. The minimum Gasteiger partial charge on any atom is -0.396 e. The molecule has 0 aliphatic carbocycles. The van der Waals surface area contributed by atoms with Gasteiger partial charge in [0.15, 0.2) is 0 Å². The summed E-state index contributed by atoms with van der Waals surface area (Å²) in [6.07, 6.45) is 4.23. The van der Waals surface area contributed by atoms with Crippen LogP contribution in [0.15, 0.2) is 24.5 Å². The van der Waals surface area contributed by atoms with Crippen molar-refractivity contribution >= 4 is 5.91 Å². The number of amides is 1. The van der Waals surface area contributed by atoms with E-state index in [9.17, 15) is 4.79 Å². The molecule has 0 saturated carbocycles. The van der Waals surface area contributed by atoms with E-state index in [0.717, 1.165) is 5.56 Å². The smallest absolute Gasteiger partial charge is 0.224 e. The number of aliphatic hydroxyl groups excluding tert-OH is 1. The fraction of sp³-hybridized carbons (Fsp3) is 0.500. The van der Waals surface area contributed by atoms with Crippen LogP contribution in [0.5, 0.6) is 0 Å². The molecule has 1 amide bonds. The first-order chi connectivity index (χ1) is 7.53. The van der Waals surface area contributed by atoms with Crippen LogP contribution in [0, 0.1) is 0 Å². The molecule has 0 atom stereocenters. The quantitative estimate of drug-likeness (QED) is 0.778. The van der Waals surface area contributed by atoms with E-state index < -0.39 is 0 Å². The van der Waals surface area contributed by atoms with Crippen LogP contribution in [0.4, 0.5) is 0 Å². The Balaban J connectivity index is 2.48. The van der Waals surface area contributed by atoms with Gasteiger partial charge < -0.3 is 10.4 Å². The van der Waals surface area contributed by atoms with Gasteiger partial charge in [0.25, 0.3) is 0 Å². The van der Waals surface area contributed by atoms with Gasteiger partial charge >= 0.3 is 0 Å². The van der Waals surface area contributed by atoms with Crippen molar-refractivity contribution < 1.29 is 9.90 Å². The zero-order valence-electron chi connectivity index (χ0n) is 9.73. The second kappa shape index (κ2) is 5.61. The normalized spacial score (nSPS) is 11.2. The molecule has 4 heteroatoms. The Morgan fingerprint density at radius 3 is 2.88 bits per heavy atom. The number of pyridine rings is 1. The van der Waals surface area contributed by atoms with E-state index in [1.54, 1.807) is 12.4 Å². The third kappa shape index (κ3) is 4.40. The van der Waals surface area contributed by atoms with Crippen molar-refractivity contribution in [2.24, 2.45) is 0 Å². The van der Waals surface area contributed by atoms with Crippen LogP contribution < -0.4 is 5.32 Å². The zero-order valence-corrected chi connectivity index (χ0v) is 9.73. The highest BCUT2D eigenvalue weighted by atomic mass is 16.3. The molecule has 0 aromatic carbocycles. The maximum atomic E-state index is 11.7. The number of carbonyl (C=O) groups is 1. The van der Waals surface area contributed by atoms with Crippen molar-refractivity contribution in [1.82, 2.24) is 10.3 Å². The average molecular weight is 222 g/mol. The molecule has 0 bridgehead atoms. The monoisotopic (exact) mass is 222 g/mol. The Morgan fingerprint density at radius 1 is 1.56 bits per heavy atom. The van der Waals surface area contributed by atoms with Crippen molar-refractivity contribution in [2.75, 3.05) is 6.61 Å². The van der Waals surface area contributed by atoms with E-state index in [1.807, 2.05) is 26.0 Å². The van der Waals surface area contributed by atoms with Crippen LogP contribution in [0.3, 0.4) is 0 Å². The van der Waals surface area contributed by atoms with Gasteiger partial charge in [-0.05, 0) is 31.9 Å². The lowest BCUT2D eigenvalue weighted by molar-refractivity contribution is -0.122. The van der Waals surface area contributed by atoms with Crippen molar-refractivity contribution in [3.05, 3.63) is 30.1 Å². The molecule has 0 unspecified atom stereocenters. The van der Waals surface area contributed by atoms with Crippen LogP contribution in [-0.4, -0.2) is 28.1 Å². The summed E-state index contributed by atoms with van der Waals surface area (Å²) >= 11 is 0. The molecule has 0 aliphatic heterocycles. The van der Waals surface area contributed by atoms with E-state index in [0.29, 0.717) is 12.8 Å². The highest BCUT2D eigenvalue weighted by Gasteiger charge is 2.19. The first-order valence-electron chi connectivity index (χ1n) is 5.34. The fourth-order valence-electron chi connectivity index (χ4n) is 1.45. The van der Waals surface area contributed by atoms with E-state index >= 15 is 0 Å². The van der Waals surface area contributed by atoms with Crippen molar-refractivity contribution in [3.63, 3.8) is 0 Å². The lowest BCUT2D eigenvalue weighted by Gasteiger charge is -2.25. The van der Waals surface area contributed by atoms with Gasteiger partial charge in [-0.25, -0.2) is 0 Å². The standard InChI is InChI=1S/C12H18N2O2/c1-12(2,5-7-15)14-11(16)8-10-4-3-6-13-9-10/h3-4,6,9,15H,5,7-8H2,1-2H3,(H,14,16). The first kappa shape index (κ1) is 12.6. The molecule has 0 radical (unpaired) electrons. The lowest BCUT2D eigenvalue weighted by atomic mass is 10.0. The third-order valence-corrected chi connectivity index (χ3v) is 2.30. The number of hydrogen-bond donors (Lipinski definition) is 2. The Labute approximate surface area is 95.7 Å². The number of aromatic nitrogens is 1. The van der Waals surface area contributed by atoms with Gasteiger partial charge in [0.2, 0.25) is 5.91 Å². The second-order valence-electron chi connectivity index (χ2n) is 4.44. The molecule has 2 N–H and O–H groups in total. The van der Waals surface area contributed by atoms with E-state index in [4.69, 9.17) is 5.11 Å². The van der Waals surface area contributed by atoms with E-state index in [2.05, 4.69) is 10.3 Å². The number of rotatable bonds is 5. The van der Waals surface area contributed by atoms with Crippen molar-refractivity contribution in [3.8, 4) is 0 Å². The molecule has 0 aliphatic rings. The summed E-state index contributed by atoms with van der Waals surface area (Å²) in [6, 6.07) is 3.67. The molecule has 1 aromatic rings. The number of carbonyl (C=O) groups excluding carboxylic acids is 1. The van der Waals surface area contributed by atoms with Crippen LogP contribution in [0.25, 0.3) is 0 Å². The molecule has 4 nitrogen and oxygen atoms in total. The molecule has 0 spiro atoms. The van der Waals surface area contributed by atoms with Gasteiger partial charge in [-0.1, -0.05) is 6.07 Å². The maximum absolute atomic E-state index is 11.7. The molecule has 88 valence electrons. The molecule has 0 saturated heterocycles. The molecule has 16 heavy (non-hydrogen) atoms. The summed E-state index contributed by atoms with van der Waals surface area (Å²) in [6.45, 7) is 3.86. The minimum atomic E-state index is -0.367. The summed E-state index contributed by atoms with van der Waals surface area (Å²) in [7, 11) is 0. The number of nitrogens with zero attached hydrogens (tertiary/aromatic N) is 1. The van der Waals surface area contributed by atoms with Gasteiger partial charge in [-0.3, -0.25) is 9.78 Å². The SMILES string of the molecule is CC(C)(CCO)NC(=O)Cc1cccnc1. The predicted molar refractivity (Wildman–Crippen MR) is 61.9 cm³/mol. The average Bonchev–Trinajstić information content (AvgIpc) is 2.17. The lowest BCUT2D eigenvalue weighted by Crippen LogP contribution is -2.44. The largest absolute Gasteiger partial charge is 0.396 e. The van der Waals surface area contributed by atoms with Gasteiger partial charge in [0.05, 0.1) is 6.42 Å². The van der Waals surface area contributed by atoms with Gasteiger partial charge in [-0.15, -0.1) is 0 Å². The predicted octanol–water partition coefficient (Wildman–Crippen LogP) is 0.901. The van der Waals surface area contributed by atoms with Gasteiger partial charge in [0, 0.05) is 24.5 Å². The van der Waals surface area contributed by atoms with E-state index in [1.165, 1.54) is 0 Å². The second-order valence-corrected chi connectivity index (χ2v) is 4.44. The zero-order chi connectivity index (χ0) is 12.0. The number of nitrogens with one attached hydrogen (secondary N) is 1. The topological polar surface area (TPSA) is 62.2 Å². The Bertz CT molecular complexity index is 336. The summed E-state index contributed by atoms with van der Waals surface area (Å²) in [4.78, 5) is 15.6. The fourth-order valence-corrected chi connectivity index (χ4v) is 1.45. The van der Waals surface area contributed by atoms with Crippen LogP contribution in [0.1, 0.15) is 25.8 Å². The highest BCUT2D eigenvalue weighted by molar-refractivity contribution is 5.79. The number of hydrogen-bond acceptors (Lipinski definition) is 3. The Morgan fingerprint density at radius 2 is 2.31 bits per heavy atom. The van der Waals surface area contributed by atoms with Crippen LogP contribution in [0.2, 0.25) is 0 Å². The molecule has 1 rings (SSSR count). The summed E-state index contributed by atoms with van der Waals surface area (Å²) < 4.78 is 0. The Hall–Kier alpha value is -1.42. The summed E-state index contributed by atoms with van der Waals surface area (Å²) in [5, 5.41) is 11.7. The first-order valence-corrected chi connectivity index (χ1v) is 5.34. The van der Waals surface area contributed by atoms with Gasteiger partial charge in [-0.2, -0.15) is 0 Å². The maximum Gasteiger partial charge on any atom is 0.224 e. The number of aliphatic hydroxyl groups is 1. The van der Waals surface area contributed by atoms with Crippen molar-refractivity contribution in [2.45, 2.75) is 32.2 Å². The third-order valence-electron chi connectivity index (χ3n) is 2.30. The summed E-state index contributed by atoms with van der Waals surface area (Å²) in [5.41, 5.74) is 0.522. The molecule has 1 aromatic heterocycles. The van der Waals surface area contributed by atoms with Crippen LogP contribution in [-0.2, 0) is 11.2 Å². The molecular weight excluding hydrogens is 204 g/mol. The van der Waals surface area contributed by atoms with E-state index in [-0.39, 0.29) is 18.1 Å². The minimum absolute atomic E-state index is 0.0496. The van der Waals surface area contributed by atoms with Crippen molar-refractivity contribution in [1.29, 1.82) is 0 Å². The molecular formula is C12H18N2O2. The molecule has 1 heterocycles.